The van der Waals surface area contributed by atoms with E-state index in [-0.39, 0.29) is 15.9 Å². The summed E-state index contributed by atoms with van der Waals surface area (Å²) < 4.78 is 27.1. The topological polar surface area (TPSA) is 32.3 Å². The van der Waals surface area contributed by atoms with Gasteiger partial charge in [-0.25, -0.2) is 13.8 Å². The number of carbonyl (C=O) groups is 1. The van der Waals surface area contributed by atoms with Gasteiger partial charge in [-0.1, -0.05) is 52.0 Å². The summed E-state index contributed by atoms with van der Waals surface area (Å²) >= 11 is 9.82. The molecule has 1 N–H and O–H groups in total. The van der Waals surface area contributed by atoms with Crippen LogP contribution < -0.4 is 5.43 Å². The summed E-state index contributed by atoms with van der Waals surface area (Å²) in [6.45, 7) is 1.76. The minimum atomic E-state index is -0.915. The zero-order chi connectivity index (χ0) is 17.5. The smallest absolute Gasteiger partial charge is 0.267 e. The van der Waals surface area contributed by atoms with Crippen LogP contribution in [0.5, 0.6) is 0 Å². The van der Waals surface area contributed by atoms with Crippen LogP contribution in [-0.4, -0.2) is 15.2 Å². The minimum absolute atomic E-state index is 0.0206. The van der Waals surface area contributed by atoms with Crippen LogP contribution in [0.25, 0.3) is 0 Å². The molecule has 2 aromatic carbocycles. The zero-order valence-corrected chi connectivity index (χ0v) is 15.6. The Morgan fingerprint density at radius 2 is 1.88 bits per heavy atom. The second-order valence-electron chi connectivity index (χ2n) is 5.28. The summed E-state index contributed by atoms with van der Waals surface area (Å²) in [5.74, 6) is -1.81. The molecule has 1 fully saturated rings. The molecule has 0 spiro atoms. The molecule has 1 atom stereocenters. The van der Waals surface area contributed by atoms with E-state index < -0.39 is 16.4 Å². The van der Waals surface area contributed by atoms with Crippen LogP contribution in [0.15, 0.2) is 46.9 Å². The van der Waals surface area contributed by atoms with Crippen molar-refractivity contribution in [1.29, 1.82) is 0 Å². The van der Waals surface area contributed by atoms with Crippen LogP contribution in [-0.2, 0) is 9.54 Å². The summed E-state index contributed by atoms with van der Waals surface area (Å²) in [4.78, 5) is 12.9. The number of halogens is 3. The molecule has 24 heavy (non-hydrogen) atoms. The number of amides is 1. The Kier molecular flexibility index (Phi) is 4.63. The maximum Gasteiger partial charge on any atom is 0.267 e. The van der Waals surface area contributed by atoms with Gasteiger partial charge in [0.05, 0.1) is 5.69 Å². The van der Waals surface area contributed by atoms with Gasteiger partial charge in [-0.3, -0.25) is 10.2 Å². The maximum atomic E-state index is 13.8. The molecule has 1 heterocycles. The molecule has 1 unspecified atom stereocenters. The number of thioether (sulfide) groups is 1. The van der Waals surface area contributed by atoms with Crippen LogP contribution in [0.4, 0.5) is 14.5 Å². The lowest BCUT2D eigenvalue weighted by atomic mass is 9.99. The van der Waals surface area contributed by atoms with Gasteiger partial charge in [0.1, 0.15) is 10.6 Å². The summed E-state index contributed by atoms with van der Waals surface area (Å²) in [6, 6.07) is 10.4. The molecule has 0 aromatic heterocycles. The van der Waals surface area contributed by atoms with Gasteiger partial charge >= 0.3 is 0 Å². The summed E-state index contributed by atoms with van der Waals surface area (Å²) in [5, 5.41) is 1.12. The third kappa shape index (κ3) is 3.05. The molecule has 3 nitrogen and oxygen atoms in total. The third-order valence-electron chi connectivity index (χ3n) is 3.64. The lowest BCUT2D eigenvalue weighted by Crippen LogP contribution is -2.39. The third-order valence-corrected chi connectivity index (χ3v) is 5.78. The number of thiocarbonyl (C=S) groups is 1. The lowest BCUT2D eigenvalue weighted by molar-refractivity contribution is -0.127. The minimum Gasteiger partial charge on any atom is -0.287 e. The number of hydrogen-bond donors (Lipinski definition) is 1. The molecular weight excluding hydrogens is 418 g/mol. The molecule has 8 heteroatoms. The van der Waals surface area contributed by atoms with Crippen molar-refractivity contribution in [2.24, 2.45) is 0 Å². The Balaban J connectivity index is 1.90. The van der Waals surface area contributed by atoms with Crippen molar-refractivity contribution in [3.8, 4) is 0 Å². The molecule has 3 rings (SSSR count). The van der Waals surface area contributed by atoms with E-state index in [1.165, 1.54) is 17.8 Å². The average Bonchev–Trinajstić information content (AvgIpc) is 2.74. The first kappa shape index (κ1) is 17.3. The largest absolute Gasteiger partial charge is 0.287 e. The van der Waals surface area contributed by atoms with Crippen molar-refractivity contribution >= 4 is 55.8 Å². The second-order valence-corrected chi connectivity index (χ2v) is 8.25. The first-order chi connectivity index (χ1) is 11.3. The number of nitrogens with zero attached hydrogens (tertiary/aromatic N) is 1. The van der Waals surface area contributed by atoms with Crippen molar-refractivity contribution in [1.82, 2.24) is 5.01 Å². The summed E-state index contributed by atoms with van der Waals surface area (Å²) in [5.41, 5.74) is 3.41. The standard InChI is InChI=1S/C16H11BrF2N2OS2/c1-16(9-2-4-10(17)5-3-9)14(22)21(15(23)24-16)20-13-7-6-11(18)8-12(13)19/h2-8,20H,1H3. The molecule has 0 bridgehead atoms. The number of carbonyl (C=O) groups excluding carboxylic acids is 1. The molecule has 1 aliphatic heterocycles. The van der Waals surface area contributed by atoms with E-state index in [1.54, 1.807) is 6.92 Å². The predicted molar refractivity (Wildman–Crippen MR) is 98.5 cm³/mol. The Hall–Kier alpha value is -1.51. The van der Waals surface area contributed by atoms with Gasteiger partial charge in [0.25, 0.3) is 5.91 Å². The maximum absolute atomic E-state index is 13.8. The molecule has 1 amide bonds. The van der Waals surface area contributed by atoms with Gasteiger partial charge in [0.2, 0.25) is 0 Å². The molecule has 1 saturated heterocycles. The van der Waals surface area contributed by atoms with E-state index in [4.69, 9.17) is 12.2 Å². The van der Waals surface area contributed by atoms with E-state index in [2.05, 4.69) is 21.4 Å². The predicted octanol–water partition coefficient (Wildman–Crippen LogP) is 4.83. The second kappa shape index (κ2) is 6.42. The van der Waals surface area contributed by atoms with Gasteiger partial charge in [0, 0.05) is 10.5 Å². The molecule has 0 saturated carbocycles. The Labute approximate surface area is 155 Å². The molecule has 2 aromatic rings. The Bertz CT molecular complexity index is 831. The monoisotopic (exact) mass is 428 g/mol. The number of hydrogen-bond acceptors (Lipinski definition) is 4. The highest BCUT2D eigenvalue weighted by Gasteiger charge is 2.49. The van der Waals surface area contributed by atoms with Crippen LogP contribution >= 0.6 is 39.9 Å². The van der Waals surface area contributed by atoms with Gasteiger partial charge in [-0.15, -0.1) is 0 Å². The summed E-state index contributed by atoms with van der Waals surface area (Å²) in [7, 11) is 0. The molecular formula is C16H11BrF2N2OS2. The number of nitrogens with one attached hydrogen (secondary N) is 1. The lowest BCUT2D eigenvalue weighted by Gasteiger charge is -2.23. The fraction of sp³-hybridized carbons (Fsp3) is 0.125. The van der Waals surface area contributed by atoms with Gasteiger partial charge in [-0.2, -0.15) is 0 Å². The zero-order valence-electron chi connectivity index (χ0n) is 12.3. The normalized spacial score (nSPS) is 20.6. The van der Waals surface area contributed by atoms with E-state index in [0.717, 1.165) is 27.2 Å². The number of rotatable bonds is 3. The SMILES string of the molecule is CC1(c2ccc(Br)cc2)SC(=S)N(Nc2ccc(F)cc2F)C1=O. The first-order valence-electron chi connectivity index (χ1n) is 6.86. The van der Waals surface area contributed by atoms with Gasteiger partial charge in [-0.05, 0) is 36.8 Å². The first-order valence-corrected chi connectivity index (χ1v) is 8.88. The molecule has 0 radical (unpaired) electrons. The number of benzene rings is 2. The van der Waals surface area contributed by atoms with Crippen molar-refractivity contribution < 1.29 is 13.6 Å². The van der Waals surface area contributed by atoms with E-state index >= 15 is 0 Å². The molecule has 124 valence electrons. The highest BCUT2D eigenvalue weighted by Crippen LogP contribution is 2.45. The average molecular weight is 429 g/mol. The van der Waals surface area contributed by atoms with Crippen molar-refractivity contribution in [3.05, 3.63) is 64.1 Å². The highest BCUT2D eigenvalue weighted by atomic mass is 79.9. The quantitative estimate of drug-likeness (QED) is 0.709. The van der Waals surface area contributed by atoms with Crippen LogP contribution in [0.2, 0.25) is 0 Å². The highest BCUT2D eigenvalue weighted by molar-refractivity contribution is 9.10. The van der Waals surface area contributed by atoms with Crippen LogP contribution in [0.1, 0.15) is 12.5 Å². The van der Waals surface area contributed by atoms with E-state index in [0.29, 0.717) is 0 Å². The fourth-order valence-corrected chi connectivity index (χ4v) is 4.20. The number of anilines is 1. The van der Waals surface area contributed by atoms with Crippen LogP contribution in [0, 0.1) is 11.6 Å². The Morgan fingerprint density at radius 1 is 1.21 bits per heavy atom. The van der Waals surface area contributed by atoms with Gasteiger partial charge < -0.3 is 0 Å². The van der Waals surface area contributed by atoms with E-state index in [1.807, 2.05) is 24.3 Å². The van der Waals surface area contributed by atoms with Crippen LogP contribution in [0.3, 0.4) is 0 Å². The van der Waals surface area contributed by atoms with Crippen molar-refractivity contribution in [3.63, 3.8) is 0 Å². The van der Waals surface area contributed by atoms with Crippen molar-refractivity contribution in [2.75, 3.05) is 5.43 Å². The molecule has 1 aliphatic rings. The number of hydrazine groups is 1. The molecule has 0 aliphatic carbocycles. The fourth-order valence-electron chi connectivity index (χ4n) is 2.31. The summed E-state index contributed by atoms with van der Waals surface area (Å²) in [6.07, 6.45) is 0. The Morgan fingerprint density at radius 3 is 2.50 bits per heavy atom. The van der Waals surface area contributed by atoms with Crippen molar-refractivity contribution in [2.45, 2.75) is 11.7 Å². The van der Waals surface area contributed by atoms with Gasteiger partial charge in [0.15, 0.2) is 10.1 Å². The van der Waals surface area contributed by atoms with E-state index in [9.17, 15) is 13.6 Å².